The predicted octanol–water partition coefficient (Wildman–Crippen LogP) is 4.01. The van der Waals surface area contributed by atoms with E-state index in [0.29, 0.717) is 6.54 Å². The lowest BCUT2D eigenvalue weighted by molar-refractivity contribution is 0.0947. The van der Waals surface area contributed by atoms with E-state index in [2.05, 4.69) is 16.3 Å². The molecule has 23 heavy (non-hydrogen) atoms. The summed E-state index contributed by atoms with van der Waals surface area (Å²) < 4.78 is 13.8. The largest absolute Gasteiger partial charge is 0.371 e. The van der Waals surface area contributed by atoms with Crippen LogP contribution in [0.4, 0.5) is 10.1 Å². The van der Waals surface area contributed by atoms with E-state index in [-0.39, 0.29) is 10.6 Å². The number of hydrogen-bond acceptors (Lipinski definition) is 2. The van der Waals surface area contributed by atoms with Gasteiger partial charge in [0.25, 0.3) is 5.91 Å². The highest BCUT2D eigenvalue weighted by molar-refractivity contribution is 6.30. The van der Waals surface area contributed by atoms with Gasteiger partial charge >= 0.3 is 0 Å². The van der Waals surface area contributed by atoms with Crippen LogP contribution in [-0.2, 0) is 6.54 Å². The molecule has 1 heterocycles. The zero-order chi connectivity index (χ0) is 16.2. The maximum atomic E-state index is 13.8. The van der Waals surface area contributed by atoms with Gasteiger partial charge in [0.15, 0.2) is 0 Å². The molecule has 0 aliphatic carbocycles. The average Bonchev–Trinajstić information content (AvgIpc) is 3.07. The molecule has 0 radical (unpaired) electrons. The molecule has 0 unspecified atom stereocenters. The molecule has 120 valence electrons. The number of amides is 1. The molecule has 2 aromatic rings. The molecule has 0 saturated carbocycles. The van der Waals surface area contributed by atoms with Crippen LogP contribution < -0.4 is 10.2 Å². The quantitative estimate of drug-likeness (QED) is 0.917. The third-order valence-electron chi connectivity index (χ3n) is 4.05. The van der Waals surface area contributed by atoms with Crippen molar-refractivity contribution in [2.75, 3.05) is 18.0 Å². The highest BCUT2D eigenvalue weighted by Crippen LogP contribution is 2.24. The van der Waals surface area contributed by atoms with E-state index < -0.39 is 11.7 Å². The molecule has 3 nitrogen and oxygen atoms in total. The fraction of sp³-hybridized carbons (Fsp3) is 0.278. The molecule has 0 bridgehead atoms. The van der Waals surface area contributed by atoms with Crippen molar-refractivity contribution in [1.82, 2.24) is 5.32 Å². The SMILES string of the molecule is O=C(NCc1ccccc1N1CCCC1)c1ccc(Cl)cc1F. The van der Waals surface area contributed by atoms with Gasteiger partial charge < -0.3 is 10.2 Å². The first kappa shape index (κ1) is 15.8. The first-order valence-electron chi connectivity index (χ1n) is 7.71. The first-order chi connectivity index (χ1) is 11.1. The molecule has 0 atom stereocenters. The number of nitrogens with zero attached hydrogens (tertiary/aromatic N) is 1. The zero-order valence-electron chi connectivity index (χ0n) is 12.7. The van der Waals surface area contributed by atoms with Gasteiger partial charge in [0.2, 0.25) is 0 Å². The Kier molecular flexibility index (Phi) is 4.82. The second kappa shape index (κ2) is 7.01. The van der Waals surface area contributed by atoms with E-state index in [9.17, 15) is 9.18 Å². The molecule has 0 spiro atoms. The summed E-state index contributed by atoms with van der Waals surface area (Å²) in [6.45, 7) is 2.45. The highest BCUT2D eigenvalue weighted by Gasteiger charge is 2.16. The number of hydrogen-bond donors (Lipinski definition) is 1. The molecule has 1 N–H and O–H groups in total. The van der Waals surface area contributed by atoms with Gasteiger partial charge in [0.05, 0.1) is 5.56 Å². The number of rotatable bonds is 4. The van der Waals surface area contributed by atoms with Crippen molar-refractivity contribution in [3.05, 3.63) is 64.4 Å². The van der Waals surface area contributed by atoms with Crippen molar-refractivity contribution in [2.45, 2.75) is 19.4 Å². The van der Waals surface area contributed by atoms with Crippen LogP contribution in [0.15, 0.2) is 42.5 Å². The average molecular weight is 333 g/mol. The first-order valence-corrected chi connectivity index (χ1v) is 8.09. The summed E-state index contributed by atoms with van der Waals surface area (Å²) in [6.07, 6.45) is 2.38. The van der Waals surface area contributed by atoms with Crippen molar-refractivity contribution >= 4 is 23.2 Å². The Hall–Kier alpha value is -2.07. The fourth-order valence-electron chi connectivity index (χ4n) is 2.87. The fourth-order valence-corrected chi connectivity index (χ4v) is 3.03. The summed E-state index contributed by atoms with van der Waals surface area (Å²) in [5, 5.41) is 3.07. The number of halogens is 2. The molecule has 1 amide bonds. The summed E-state index contributed by atoms with van der Waals surface area (Å²) in [6, 6.07) is 12.1. The maximum Gasteiger partial charge on any atom is 0.254 e. The van der Waals surface area contributed by atoms with E-state index >= 15 is 0 Å². The van der Waals surface area contributed by atoms with E-state index in [1.54, 1.807) is 0 Å². The number of para-hydroxylation sites is 1. The molecule has 2 aromatic carbocycles. The van der Waals surface area contributed by atoms with Gasteiger partial charge in [-0.25, -0.2) is 4.39 Å². The van der Waals surface area contributed by atoms with Gasteiger partial charge in [-0.1, -0.05) is 29.8 Å². The Labute approximate surface area is 140 Å². The van der Waals surface area contributed by atoms with Crippen molar-refractivity contribution in [2.24, 2.45) is 0 Å². The molecule has 0 aromatic heterocycles. The molecule has 1 saturated heterocycles. The summed E-state index contributed by atoms with van der Waals surface area (Å²) in [5.41, 5.74) is 2.19. The minimum atomic E-state index is -0.608. The lowest BCUT2D eigenvalue weighted by atomic mass is 10.1. The van der Waals surface area contributed by atoms with Crippen molar-refractivity contribution < 1.29 is 9.18 Å². The van der Waals surface area contributed by atoms with Crippen LogP contribution in [0, 0.1) is 5.82 Å². The molecular formula is C18H18ClFN2O. The molecule has 1 fully saturated rings. The Balaban J connectivity index is 1.72. The van der Waals surface area contributed by atoms with Crippen LogP contribution in [0.2, 0.25) is 5.02 Å². The second-order valence-corrected chi connectivity index (χ2v) is 6.07. The highest BCUT2D eigenvalue weighted by atomic mass is 35.5. The normalized spacial score (nSPS) is 14.1. The van der Waals surface area contributed by atoms with Gasteiger partial charge in [-0.15, -0.1) is 0 Å². The molecule has 1 aliphatic heterocycles. The smallest absolute Gasteiger partial charge is 0.254 e. The number of benzene rings is 2. The van der Waals surface area contributed by atoms with Crippen molar-refractivity contribution in [3.63, 3.8) is 0 Å². The number of carbonyl (C=O) groups is 1. The van der Waals surface area contributed by atoms with E-state index in [4.69, 9.17) is 11.6 Å². The topological polar surface area (TPSA) is 32.3 Å². The van der Waals surface area contributed by atoms with Crippen LogP contribution in [0.5, 0.6) is 0 Å². The van der Waals surface area contributed by atoms with Gasteiger partial charge in [-0.05, 0) is 42.7 Å². The lowest BCUT2D eigenvalue weighted by Gasteiger charge is -2.21. The Morgan fingerprint density at radius 2 is 1.91 bits per heavy atom. The van der Waals surface area contributed by atoms with Gasteiger partial charge in [0.1, 0.15) is 5.82 Å². The number of anilines is 1. The predicted molar refractivity (Wildman–Crippen MR) is 90.5 cm³/mol. The maximum absolute atomic E-state index is 13.8. The monoisotopic (exact) mass is 332 g/mol. The van der Waals surface area contributed by atoms with E-state index in [0.717, 1.165) is 30.4 Å². The minimum absolute atomic E-state index is 0.00746. The van der Waals surface area contributed by atoms with Gasteiger partial charge in [-0.3, -0.25) is 4.79 Å². The standard InChI is InChI=1S/C18H18ClFN2O/c19-14-7-8-15(16(20)11-14)18(23)21-12-13-5-1-2-6-17(13)22-9-3-4-10-22/h1-2,5-8,11H,3-4,9-10,12H2,(H,21,23). The van der Waals surface area contributed by atoms with Gasteiger partial charge in [0, 0.05) is 30.3 Å². The zero-order valence-corrected chi connectivity index (χ0v) is 13.4. The van der Waals surface area contributed by atoms with Crippen LogP contribution >= 0.6 is 11.6 Å². The van der Waals surface area contributed by atoms with Crippen LogP contribution in [0.3, 0.4) is 0 Å². The van der Waals surface area contributed by atoms with E-state index in [1.807, 2.05) is 18.2 Å². The minimum Gasteiger partial charge on any atom is -0.371 e. The Bertz CT molecular complexity index is 714. The van der Waals surface area contributed by atoms with Crippen LogP contribution in [0.25, 0.3) is 0 Å². The Morgan fingerprint density at radius 3 is 2.65 bits per heavy atom. The number of carbonyl (C=O) groups excluding carboxylic acids is 1. The van der Waals surface area contributed by atoms with Gasteiger partial charge in [-0.2, -0.15) is 0 Å². The lowest BCUT2D eigenvalue weighted by Crippen LogP contribution is -2.26. The summed E-state index contributed by atoms with van der Waals surface area (Å²) in [5.74, 6) is -1.04. The molecular weight excluding hydrogens is 315 g/mol. The van der Waals surface area contributed by atoms with Crippen LogP contribution in [-0.4, -0.2) is 19.0 Å². The molecule has 1 aliphatic rings. The summed E-state index contributed by atoms with van der Waals surface area (Å²) in [7, 11) is 0. The molecule has 3 rings (SSSR count). The number of nitrogens with one attached hydrogen (secondary N) is 1. The Morgan fingerprint density at radius 1 is 1.17 bits per heavy atom. The summed E-state index contributed by atoms with van der Waals surface area (Å²) in [4.78, 5) is 14.5. The second-order valence-electron chi connectivity index (χ2n) is 5.63. The van der Waals surface area contributed by atoms with Crippen molar-refractivity contribution in [3.8, 4) is 0 Å². The summed E-state index contributed by atoms with van der Waals surface area (Å²) >= 11 is 5.71. The van der Waals surface area contributed by atoms with Crippen LogP contribution in [0.1, 0.15) is 28.8 Å². The van der Waals surface area contributed by atoms with E-state index in [1.165, 1.54) is 25.0 Å². The van der Waals surface area contributed by atoms with Crippen molar-refractivity contribution in [1.29, 1.82) is 0 Å². The molecule has 5 heteroatoms. The third kappa shape index (κ3) is 3.64. The third-order valence-corrected chi connectivity index (χ3v) is 4.29.